The van der Waals surface area contributed by atoms with E-state index in [1.807, 2.05) is 24.3 Å². The molecule has 294 valence electrons. The van der Waals surface area contributed by atoms with Crippen LogP contribution in [0.1, 0.15) is 0 Å². The van der Waals surface area contributed by atoms with Crippen molar-refractivity contribution in [3.05, 3.63) is 218 Å². The predicted octanol–water partition coefficient (Wildman–Crippen LogP) is 15.0. The van der Waals surface area contributed by atoms with Gasteiger partial charge in [0.1, 0.15) is 5.65 Å². The molecule has 0 spiro atoms. The molecule has 4 heterocycles. The summed E-state index contributed by atoms with van der Waals surface area (Å²) < 4.78 is 4.78. The summed E-state index contributed by atoms with van der Waals surface area (Å²) in [6, 6.07) is 78.2. The van der Waals surface area contributed by atoms with E-state index < -0.39 is 0 Å². The maximum Gasteiger partial charge on any atom is 0.162 e. The third-order valence-corrected chi connectivity index (χ3v) is 12.7. The molecule has 5 heteroatoms. The normalized spacial score (nSPS) is 11.8. The van der Waals surface area contributed by atoms with Gasteiger partial charge in [0, 0.05) is 54.9 Å². The molecule has 0 amide bonds. The molecule has 1 N–H and O–H groups in total. The van der Waals surface area contributed by atoms with Gasteiger partial charge in [-0.3, -0.25) is 0 Å². The Kier molecular flexibility index (Phi) is 7.84. The molecular weight excluding hydrogens is 767 g/mol. The van der Waals surface area contributed by atoms with Crippen molar-refractivity contribution in [2.24, 2.45) is 0 Å². The number of aromatic amines is 1. The molecule has 13 aromatic rings. The summed E-state index contributed by atoms with van der Waals surface area (Å²) >= 11 is 0. The third-order valence-electron chi connectivity index (χ3n) is 12.7. The van der Waals surface area contributed by atoms with Crippen LogP contribution in [0.3, 0.4) is 0 Å². The van der Waals surface area contributed by atoms with E-state index in [-0.39, 0.29) is 0 Å². The molecule has 63 heavy (non-hydrogen) atoms. The van der Waals surface area contributed by atoms with E-state index in [4.69, 9.17) is 9.97 Å². The predicted molar refractivity (Wildman–Crippen MR) is 262 cm³/mol. The molecule has 0 unspecified atom stereocenters. The highest BCUT2D eigenvalue weighted by Crippen LogP contribution is 2.40. The Morgan fingerprint density at radius 3 is 1.44 bits per heavy atom. The number of para-hydroxylation sites is 3. The van der Waals surface area contributed by atoms with E-state index in [2.05, 4.69) is 208 Å². The Balaban J connectivity index is 0.931. The number of nitrogens with zero attached hydrogens (tertiary/aromatic N) is 4. The quantitative estimate of drug-likeness (QED) is 0.182. The van der Waals surface area contributed by atoms with Crippen LogP contribution in [0.5, 0.6) is 0 Å². The topological polar surface area (TPSA) is 51.4 Å². The molecule has 0 saturated carbocycles. The summed E-state index contributed by atoms with van der Waals surface area (Å²) in [5.74, 6) is 0.702. The van der Waals surface area contributed by atoms with Crippen LogP contribution >= 0.6 is 0 Å². The first-order valence-electron chi connectivity index (χ1n) is 21.4. The average molecular weight is 804 g/mol. The first-order chi connectivity index (χ1) is 31.2. The Morgan fingerprint density at radius 1 is 0.317 bits per heavy atom. The maximum absolute atomic E-state index is 5.20. The second-order valence-electron chi connectivity index (χ2n) is 16.3. The van der Waals surface area contributed by atoms with Crippen LogP contribution in [0.4, 0.5) is 0 Å². The standard InChI is InChI=1S/C58H37N5/c1-4-15-37(16-5-1)56-55-49-36-40(27-30-50(49)59-58(55)61-57(60-56)38-17-6-2-7-18-38)39-19-14-22-44(33-39)63-52-26-13-11-24-46(52)48-35-42(29-32-54(48)63)41-28-31-53-47(34-41)45-23-10-12-25-51(45)62(53)43-20-8-3-9-21-43/h1-36H,(H,59,60,61). The molecule has 0 fully saturated rings. The fraction of sp³-hybridized carbons (Fsp3) is 0. The highest BCUT2D eigenvalue weighted by atomic mass is 15.0. The molecule has 13 rings (SSSR count). The number of aromatic nitrogens is 5. The van der Waals surface area contributed by atoms with Crippen LogP contribution in [0, 0.1) is 0 Å². The van der Waals surface area contributed by atoms with Crippen molar-refractivity contribution >= 4 is 65.5 Å². The SMILES string of the molecule is c1ccc(-c2nc(-c3ccccc3)c3c(n2)[nH]c2ccc(-c4cccc(-n5c6ccccc6c6cc(-c7ccc8c(c7)c7ccccc7n8-c7ccccc7)ccc65)c4)cc23)cc1. The Hall–Kier alpha value is -8.54. The monoisotopic (exact) mass is 803 g/mol. The number of H-pyrrole nitrogens is 1. The molecule has 0 aliphatic carbocycles. The largest absolute Gasteiger partial charge is 0.339 e. The van der Waals surface area contributed by atoms with Crippen LogP contribution in [-0.4, -0.2) is 24.1 Å². The number of rotatable bonds is 6. The van der Waals surface area contributed by atoms with Gasteiger partial charge in [-0.25, -0.2) is 9.97 Å². The zero-order valence-electron chi connectivity index (χ0n) is 34.1. The van der Waals surface area contributed by atoms with E-state index in [0.29, 0.717) is 5.82 Å². The van der Waals surface area contributed by atoms with E-state index in [1.54, 1.807) is 0 Å². The lowest BCUT2D eigenvalue weighted by Gasteiger charge is -2.11. The van der Waals surface area contributed by atoms with Crippen molar-refractivity contribution < 1.29 is 0 Å². The van der Waals surface area contributed by atoms with Crippen LogP contribution in [0.15, 0.2) is 218 Å². The average Bonchev–Trinajstić information content (AvgIpc) is 4.01. The molecular formula is C58H37N5. The van der Waals surface area contributed by atoms with Crippen molar-refractivity contribution in [1.82, 2.24) is 24.1 Å². The minimum Gasteiger partial charge on any atom is -0.339 e. The van der Waals surface area contributed by atoms with Gasteiger partial charge in [0.2, 0.25) is 0 Å². The highest BCUT2D eigenvalue weighted by molar-refractivity contribution is 6.14. The Labute approximate surface area is 362 Å². The maximum atomic E-state index is 5.20. The molecule has 0 aliphatic heterocycles. The van der Waals surface area contributed by atoms with Crippen LogP contribution in [0.2, 0.25) is 0 Å². The van der Waals surface area contributed by atoms with Gasteiger partial charge in [0.15, 0.2) is 5.82 Å². The molecule has 5 nitrogen and oxygen atoms in total. The molecule has 4 aromatic heterocycles. The van der Waals surface area contributed by atoms with Gasteiger partial charge in [-0.15, -0.1) is 0 Å². The van der Waals surface area contributed by atoms with Gasteiger partial charge in [0.25, 0.3) is 0 Å². The lowest BCUT2D eigenvalue weighted by Crippen LogP contribution is -1.94. The third kappa shape index (κ3) is 5.64. The van der Waals surface area contributed by atoms with Crippen molar-refractivity contribution in [2.45, 2.75) is 0 Å². The van der Waals surface area contributed by atoms with E-state index in [1.165, 1.54) is 54.7 Å². The fourth-order valence-corrected chi connectivity index (χ4v) is 9.76. The lowest BCUT2D eigenvalue weighted by molar-refractivity contribution is 1.18. The molecule has 0 saturated heterocycles. The van der Waals surface area contributed by atoms with Crippen LogP contribution in [-0.2, 0) is 0 Å². The zero-order valence-corrected chi connectivity index (χ0v) is 34.1. The van der Waals surface area contributed by atoms with Crippen LogP contribution in [0.25, 0.3) is 122 Å². The van der Waals surface area contributed by atoms with Gasteiger partial charge in [0.05, 0.1) is 33.1 Å². The second-order valence-corrected chi connectivity index (χ2v) is 16.3. The van der Waals surface area contributed by atoms with E-state index >= 15 is 0 Å². The smallest absolute Gasteiger partial charge is 0.162 e. The molecule has 0 bridgehead atoms. The second kappa shape index (κ2) is 14.0. The van der Waals surface area contributed by atoms with Gasteiger partial charge in [-0.1, -0.05) is 146 Å². The summed E-state index contributed by atoms with van der Waals surface area (Å²) in [6.45, 7) is 0. The molecule has 9 aromatic carbocycles. The van der Waals surface area contributed by atoms with Gasteiger partial charge in [-0.05, 0) is 95.1 Å². The molecule has 0 aliphatic rings. The first-order valence-corrected chi connectivity index (χ1v) is 21.4. The van der Waals surface area contributed by atoms with E-state index in [0.717, 1.165) is 61.3 Å². The number of hydrogen-bond donors (Lipinski definition) is 1. The number of nitrogens with one attached hydrogen (secondary N) is 1. The van der Waals surface area contributed by atoms with Gasteiger partial charge >= 0.3 is 0 Å². The summed E-state index contributed by atoms with van der Waals surface area (Å²) in [4.78, 5) is 13.9. The Morgan fingerprint density at radius 2 is 0.794 bits per heavy atom. The fourth-order valence-electron chi connectivity index (χ4n) is 9.76. The van der Waals surface area contributed by atoms with Crippen molar-refractivity contribution in [2.75, 3.05) is 0 Å². The Bertz CT molecular complexity index is 3900. The molecule has 0 radical (unpaired) electrons. The van der Waals surface area contributed by atoms with E-state index in [9.17, 15) is 0 Å². The molecule has 0 atom stereocenters. The first kappa shape index (κ1) is 35.2. The summed E-state index contributed by atoms with van der Waals surface area (Å²) in [6.07, 6.45) is 0. The summed E-state index contributed by atoms with van der Waals surface area (Å²) in [7, 11) is 0. The number of fused-ring (bicyclic) bond motifs is 9. The van der Waals surface area contributed by atoms with Crippen LogP contribution < -0.4 is 0 Å². The summed E-state index contributed by atoms with van der Waals surface area (Å²) in [5, 5.41) is 7.07. The lowest BCUT2D eigenvalue weighted by atomic mass is 10.00. The minimum atomic E-state index is 0.702. The van der Waals surface area contributed by atoms with Crippen molar-refractivity contribution in [3.8, 4) is 56.3 Å². The van der Waals surface area contributed by atoms with Crippen molar-refractivity contribution in [3.63, 3.8) is 0 Å². The number of hydrogen-bond acceptors (Lipinski definition) is 2. The van der Waals surface area contributed by atoms with Gasteiger partial charge < -0.3 is 14.1 Å². The highest BCUT2D eigenvalue weighted by Gasteiger charge is 2.19. The van der Waals surface area contributed by atoms with Crippen molar-refractivity contribution in [1.29, 1.82) is 0 Å². The number of benzene rings is 9. The minimum absolute atomic E-state index is 0.702. The van der Waals surface area contributed by atoms with Gasteiger partial charge in [-0.2, -0.15) is 0 Å². The zero-order chi connectivity index (χ0) is 41.4. The summed E-state index contributed by atoms with van der Waals surface area (Å²) in [5.41, 5.74) is 16.5.